The van der Waals surface area contributed by atoms with Crippen LogP contribution in [-0.4, -0.2) is 35.8 Å². The summed E-state index contributed by atoms with van der Waals surface area (Å²) < 4.78 is 0. The molecule has 1 aliphatic carbocycles. The molecule has 1 heterocycles. The second-order valence-electron chi connectivity index (χ2n) is 5.28. The number of hydrogen-bond acceptors (Lipinski definition) is 3. The molecule has 1 N–H and O–H groups in total. The lowest BCUT2D eigenvalue weighted by molar-refractivity contribution is -0.138. The second-order valence-corrected chi connectivity index (χ2v) is 5.28. The minimum absolute atomic E-state index is 0.0382. The van der Waals surface area contributed by atoms with Gasteiger partial charge in [-0.15, -0.1) is 0 Å². The molecule has 0 radical (unpaired) electrons. The van der Waals surface area contributed by atoms with E-state index in [-0.39, 0.29) is 17.9 Å². The van der Waals surface area contributed by atoms with E-state index in [0.29, 0.717) is 18.4 Å². The SMILES string of the molecule is CCN1C(=O)CC(NCC2(C)CCC2)C1=O. The smallest absolute Gasteiger partial charge is 0.246 e. The van der Waals surface area contributed by atoms with Crippen molar-refractivity contribution in [2.45, 2.75) is 45.6 Å². The van der Waals surface area contributed by atoms with Crippen molar-refractivity contribution in [1.29, 1.82) is 0 Å². The molecule has 1 saturated carbocycles. The zero-order valence-electron chi connectivity index (χ0n) is 10.1. The summed E-state index contributed by atoms with van der Waals surface area (Å²) in [5, 5.41) is 3.26. The molecule has 1 aliphatic heterocycles. The van der Waals surface area contributed by atoms with Gasteiger partial charge in [-0.05, 0) is 25.2 Å². The summed E-state index contributed by atoms with van der Waals surface area (Å²) in [7, 11) is 0. The van der Waals surface area contributed by atoms with E-state index in [9.17, 15) is 9.59 Å². The zero-order chi connectivity index (χ0) is 11.8. The summed E-state index contributed by atoms with van der Waals surface area (Å²) in [6, 6.07) is -0.273. The van der Waals surface area contributed by atoms with Gasteiger partial charge < -0.3 is 5.32 Å². The van der Waals surface area contributed by atoms with Gasteiger partial charge in [-0.3, -0.25) is 14.5 Å². The summed E-state index contributed by atoms with van der Waals surface area (Å²) in [6.45, 7) is 5.43. The lowest BCUT2D eigenvalue weighted by atomic mass is 9.70. The van der Waals surface area contributed by atoms with Gasteiger partial charge in [0.15, 0.2) is 0 Å². The third-order valence-corrected chi connectivity index (χ3v) is 3.90. The number of carbonyl (C=O) groups excluding carboxylic acids is 2. The molecular formula is C12H20N2O2. The standard InChI is InChI=1S/C12H20N2O2/c1-3-14-10(15)7-9(11(14)16)13-8-12(2)5-4-6-12/h9,13H,3-8H2,1-2H3. The summed E-state index contributed by atoms with van der Waals surface area (Å²) in [5.41, 5.74) is 0.350. The quantitative estimate of drug-likeness (QED) is 0.722. The van der Waals surface area contributed by atoms with Gasteiger partial charge in [0, 0.05) is 13.1 Å². The fourth-order valence-electron chi connectivity index (χ4n) is 2.50. The van der Waals surface area contributed by atoms with E-state index in [4.69, 9.17) is 0 Å². The molecule has 0 aromatic carbocycles. The molecule has 2 fully saturated rings. The Hall–Kier alpha value is -0.900. The van der Waals surface area contributed by atoms with Gasteiger partial charge in [0.25, 0.3) is 0 Å². The molecule has 4 heteroatoms. The highest BCUT2D eigenvalue weighted by Crippen LogP contribution is 2.39. The molecule has 2 rings (SSSR count). The lowest BCUT2D eigenvalue weighted by Crippen LogP contribution is -2.45. The summed E-state index contributed by atoms with van der Waals surface area (Å²) in [5.74, 6) is -0.0841. The van der Waals surface area contributed by atoms with Crippen LogP contribution in [-0.2, 0) is 9.59 Å². The molecule has 4 nitrogen and oxygen atoms in total. The predicted molar refractivity (Wildman–Crippen MR) is 60.8 cm³/mol. The van der Waals surface area contributed by atoms with Gasteiger partial charge >= 0.3 is 0 Å². The number of imide groups is 1. The average molecular weight is 224 g/mol. The van der Waals surface area contributed by atoms with Crippen LogP contribution >= 0.6 is 0 Å². The topological polar surface area (TPSA) is 49.4 Å². The largest absolute Gasteiger partial charge is 0.305 e. The molecule has 2 aliphatic rings. The molecule has 16 heavy (non-hydrogen) atoms. The van der Waals surface area contributed by atoms with Crippen LogP contribution < -0.4 is 5.32 Å². The minimum atomic E-state index is -0.273. The molecule has 2 amide bonds. The number of likely N-dealkylation sites (N-methyl/N-ethyl adjacent to an activating group) is 1. The number of hydrogen-bond donors (Lipinski definition) is 1. The Bertz CT molecular complexity index is 310. The zero-order valence-corrected chi connectivity index (χ0v) is 10.1. The molecule has 0 aromatic heterocycles. The van der Waals surface area contributed by atoms with Crippen LogP contribution in [0.1, 0.15) is 39.5 Å². The van der Waals surface area contributed by atoms with Crippen molar-refractivity contribution in [2.75, 3.05) is 13.1 Å². The van der Waals surface area contributed by atoms with Gasteiger partial charge in [-0.25, -0.2) is 0 Å². The summed E-state index contributed by atoms with van der Waals surface area (Å²) in [6.07, 6.45) is 4.08. The van der Waals surface area contributed by atoms with Crippen molar-refractivity contribution in [3.05, 3.63) is 0 Å². The number of amides is 2. The highest BCUT2D eigenvalue weighted by atomic mass is 16.2. The molecule has 0 bridgehead atoms. The molecule has 1 unspecified atom stereocenters. The van der Waals surface area contributed by atoms with Gasteiger partial charge in [0.05, 0.1) is 12.5 Å². The van der Waals surface area contributed by atoms with Crippen molar-refractivity contribution in [3.8, 4) is 0 Å². The molecule has 1 saturated heterocycles. The van der Waals surface area contributed by atoms with Crippen LogP contribution in [0.5, 0.6) is 0 Å². The number of nitrogens with one attached hydrogen (secondary N) is 1. The van der Waals surface area contributed by atoms with Crippen molar-refractivity contribution < 1.29 is 9.59 Å². The number of likely N-dealkylation sites (tertiary alicyclic amines) is 1. The van der Waals surface area contributed by atoms with E-state index in [1.54, 1.807) is 0 Å². The number of carbonyl (C=O) groups is 2. The first kappa shape index (κ1) is 11.6. The fraction of sp³-hybridized carbons (Fsp3) is 0.833. The highest BCUT2D eigenvalue weighted by Gasteiger charge is 2.39. The number of rotatable bonds is 4. The van der Waals surface area contributed by atoms with Crippen molar-refractivity contribution >= 4 is 11.8 Å². The molecule has 0 aromatic rings. The monoisotopic (exact) mass is 224 g/mol. The third-order valence-electron chi connectivity index (χ3n) is 3.90. The van der Waals surface area contributed by atoms with Gasteiger partial charge in [-0.2, -0.15) is 0 Å². The predicted octanol–water partition coefficient (Wildman–Crippen LogP) is 0.914. The summed E-state index contributed by atoms with van der Waals surface area (Å²) in [4.78, 5) is 24.7. The fourth-order valence-corrected chi connectivity index (χ4v) is 2.50. The Balaban J connectivity index is 1.87. The molecule has 1 atom stereocenters. The Morgan fingerprint density at radius 3 is 2.56 bits per heavy atom. The van der Waals surface area contributed by atoms with Crippen molar-refractivity contribution in [1.82, 2.24) is 10.2 Å². The second kappa shape index (κ2) is 4.17. The lowest BCUT2D eigenvalue weighted by Gasteiger charge is -2.39. The van der Waals surface area contributed by atoms with Crippen LogP contribution in [0.15, 0.2) is 0 Å². The van der Waals surface area contributed by atoms with Gasteiger partial charge in [0.1, 0.15) is 0 Å². The van der Waals surface area contributed by atoms with Crippen LogP contribution in [0.4, 0.5) is 0 Å². The first-order chi connectivity index (χ1) is 7.56. The van der Waals surface area contributed by atoms with Crippen LogP contribution in [0, 0.1) is 5.41 Å². The first-order valence-corrected chi connectivity index (χ1v) is 6.13. The Morgan fingerprint density at radius 1 is 1.44 bits per heavy atom. The Kier molecular flexibility index (Phi) is 3.02. The number of nitrogens with zero attached hydrogens (tertiary/aromatic N) is 1. The van der Waals surface area contributed by atoms with Crippen molar-refractivity contribution in [3.63, 3.8) is 0 Å². The molecule has 0 spiro atoms. The third kappa shape index (κ3) is 1.98. The van der Waals surface area contributed by atoms with E-state index in [0.717, 1.165) is 6.54 Å². The maximum absolute atomic E-state index is 11.8. The molecule has 90 valence electrons. The van der Waals surface area contributed by atoms with Gasteiger partial charge in [0.2, 0.25) is 11.8 Å². The molecular weight excluding hydrogens is 204 g/mol. The van der Waals surface area contributed by atoms with Gasteiger partial charge in [-0.1, -0.05) is 13.3 Å². The van der Waals surface area contributed by atoms with Crippen LogP contribution in [0.2, 0.25) is 0 Å². The Labute approximate surface area is 96.4 Å². The normalized spacial score (nSPS) is 28.4. The summed E-state index contributed by atoms with van der Waals surface area (Å²) >= 11 is 0. The maximum atomic E-state index is 11.8. The van der Waals surface area contributed by atoms with E-state index in [1.807, 2.05) is 6.92 Å². The van der Waals surface area contributed by atoms with Crippen LogP contribution in [0.3, 0.4) is 0 Å². The Morgan fingerprint density at radius 2 is 2.12 bits per heavy atom. The average Bonchev–Trinajstić information content (AvgIpc) is 2.48. The maximum Gasteiger partial charge on any atom is 0.246 e. The van der Waals surface area contributed by atoms with E-state index in [1.165, 1.54) is 24.2 Å². The first-order valence-electron chi connectivity index (χ1n) is 6.13. The highest BCUT2D eigenvalue weighted by molar-refractivity contribution is 6.05. The van der Waals surface area contributed by atoms with E-state index in [2.05, 4.69) is 12.2 Å². The minimum Gasteiger partial charge on any atom is -0.305 e. The van der Waals surface area contributed by atoms with Crippen molar-refractivity contribution in [2.24, 2.45) is 5.41 Å². The van der Waals surface area contributed by atoms with Crippen LogP contribution in [0.25, 0.3) is 0 Å². The van der Waals surface area contributed by atoms with E-state index >= 15 is 0 Å². The van der Waals surface area contributed by atoms with E-state index < -0.39 is 0 Å².